The molecule has 0 aromatic carbocycles. The van der Waals surface area contributed by atoms with E-state index in [0.717, 1.165) is 0 Å². The van der Waals surface area contributed by atoms with Gasteiger partial charge in [-0.2, -0.15) is 0 Å². The van der Waals surface area contributed by atoms with Gasteiger partial charge in [-0.05, 0) is 0 Å². The van der Waals surface area contributed by atoms with Crippen molar-refractivity contribution in [3.05, 3.63) is 17.6 Å². The predicted octanol–water partition coefficient (Wildman–Crippen LogP) is 2.64. The van der Waals surface area contributed by atoms with Crippen LogP contribution in [0.15, 0.2) is 6.20 Å². The van der Waals surface area contributed by atoms with Crippen LogP contribution in [0.2, 0.25) is 0 Å². The third kappa shape index (κ3) is 2.67. The van der Waals surface area contributed by atoms with Crippen molar-refractivity contribution in [3.8, 4) is 5.75 Å². The van der Waals surface area contributed by atoms with Gasteiger partial charge in [-0.15, -0.1) is 13.2 Å². The average molecular weight is 246 g/mol. The van der Waals surface area contributed by atoms with E-state index >= 15 is 0 Å². The van der Waals surface area contributed by atoms with Gasteiger partial charge in [-0.25, -0.2) is 18.2 Å². The number of aromatic nitrogens is 1. The molecule has 1 aromatic heterocycles. The molecule has 0 saturated carbocycles. The summed E-state index contributed by atoms with van der Waals surface area (Å²) in [4.78, 5) is 2.97. The van der Waals surface area contributed by atoms with Gasteiger partial charge in [-0.3, -0.25) is 0 Å². The lowest BCUT2D eigenvalue weighted by atomic mass is 10.2. The lowest BCUT2D eigenvalue weighted by Gasteiger charge is -2.14. The maximum absolute atomic E-state index is 12.8. The molecule has 1 heterocycles. The Morgan fingerprint density at radius 2 is 1.88 bits per heavy atom. The van der Waals surface area contributed by atoms with Crippen LogP contribution in [0.1, 0.15) is 12.0 Å². The number of hydrogen-bond acceptors (Lipinski definition) is 3. The molecule has 0 aliphatic heterocycles. The van der Waals surface area contributed by atoms with E-state index in [0.29, 0.717) is 0 Å². The van der Waals surface area contributed by atoms with Crippen LogP contribution in [0, 0.1) is 5.82 Å². The first-order valence-electron chi connectivity index (χ1n) is 3.70. The number of rotatable bonds is 2. The number of alkyl halides is 5. The molecular weight excluding hydrogens is 242 g/mol. The molecule has 0 aliphatic rings. The molecule has 16 heavy (non-hydrogen) atoms. The largest absolute Gasteiger partial charge is 0.573 e. The van der Waals surface area contributed by atoms with Gasteiger partial charge in [0.25, 0.3) is 6.43 Å². The summed E-state index contributed by atoms with van der Waals surface area (Å²) in [6.45, 7) is 0. The van der Waals surface area contributed by atoms with E-state index in [-0.39, 0.29) is 6.20 Å². The third-order valence-electron chi connectivity index (χ3n) is 1.49. The first-order chi connectivity index (χ1) is 7.22. The van der Waals surface area contributed by atoms with E-state index in [9.17, 15) is 26.3 Å². The second-order valence-corrected chi connectivity index (χ2v) is 2.58. The summed E-state index contributed by atoms with van der Waals surface area (Å²) < 4.78 is 76.0. The van der Waals surface area contributed by atoms with Crippen LogP contribution in [-0.2, 0) is 0 Å². The maximum atomic E-state index is 12.8. The molecule has 0 amide bonds. The summed E-state index contributed by atoms with van der Waals surface area (Å²) >= 11 is 0. The van der Waals surface area contributed by atoms with Crippen molar-refractivity contribution in [3.63, 3.8) is 0 Å². The van der Waals surface area contributed by atoms with Gasteiger partial charge in [0.15, 0.2) is 11.6 Å². The lowest BCUT2D eigenvalue weighted by molar-refractivity contribution is -0.276. The van der Waals surface area contributed by atoms with Gasteiger partial charge in [-0.1, -0.05) is 0 Å². The minimum absolute atomic E-state index is 0.266. The topological polar surface area (TPSA) is 48.1 Å². The predicted molar refractivity (Wildman–Crippen MR) is 40.2 cm³/mol. The fourth-order valence-electron chi connectivity index (χ4n) is 0.930. The Kier molecular flexibility index (Phi) is 3.15. The fraction of sp³-hybridized carbons (Fsp3) is 0.286. The van der Waals surface area contributed by atoms with E-state index in [1.165, 1.54) is 0 Å². The number of nitrogen functional groups attached to an aromatic ring is 1. The van der Waals surface area contributed by atoms with E-state index in [2.05, 4.69) is 9.72 Å². The number of anilines is 1. The molecule has 90 valence electrons. The van der Waals surface area contributed by atoms with Crippen LogP contribution in [0.4, 0.5) is 32.2 Å². The Morgan fingerprint density at radius 1 is 1.31 bits per heavy atom. The smallest absolute Gasteiger partial charge is 0.402 e. The number of halogens is 6. The Balaban J connectivity index is 3.29. The second kappa shape index (κ2) is 4.06. The highest BCUT2D eigenvalue weighted by Gasteiger charge is 2.36. The minimum Gasteiger partial charge on any atom is -0.402 e. The zero-order chi connectivity index (χ0) is 12.5. The molecule has 0 unspecified atom stereocenters. The highest BCUT2D eigenvalue weighted by atomic mass is 19.4. The quantitative estimate of drug-likeness (QED) is 0.816. The van der Waals surface area contributed by atoms with E-state index in [1.807, 2.05) is 0 Å². The molecule has 0 spiro atoms. The average Bonchev–Trinajstić information content (AvgIpc) is 2.08. The molecule has 0 fully saturated rings. The van der Waals surface area contributed by atoms with Crippen LogP contribution in [0.3, 0.4) is 0 Å². The van der Waals surface area contributed by atoms with Crippen molar-refractivity contribution in [2.45, 2.75) is 12.8 Å². The molecule has 0 bridgehead atoms. The molecule has 0 saturated heterocycles. The van der Waals surface area contributed by atoms with Gasteiger partial charge in [0.1, 0.15) is 11.4 Å². The Labute approximate surface area is 84.8 Å². The van der Waals surface area contributed by atoms with Crippen LogP contribution < -0.4 is 10.5 Å². The number of nitrogens with two attached hydrogens (primary N) is 1. The Hall–Kier alpha value is -1.67. The number of ether oxygens (including phenoxy) is 1. The zero-order valence-electron chi connectivity index (χ0n) is 7.36. The molecule has 3 nitrogen and oxygen atoms in total. The molecule has 9 heteroatoms. The van der Waals surface area contributed by atoms with Gasteiger partial charge >= 0.3 is 6.36 Å². The van der Waals surface area contributed by atoms with Crippen LogP contribution in [0.5, 0.6) is 5.75 Å². The number of nitrogens with zero attached hydrogens (tertiary/aromatic N) is 1. The molecule has 1 aromatic rings. The van der Waals surface area contributed by atoms with Gasteiger partial charge in [0, 0.05) is 0 Å². The van der Waals surface area contributed by atoms with Crippen molar-refractivity contribution in [1.29, 1.82) is 0 Å². The highest BCUT2D eigenvalue weighted by molar-refractivity contribution is 5.49. The first kappa shape index (κ1) is 12.4. The molecule has 0 radical (unpaired) electrons. The molecule has 1 rings (SSSR count). The van der Waals surface area contributed by atoms with Gasteiger partial charge in [0.05, 0.1) is 6.20 Å². The van der Waals surface area contributed by atoms with Crippen molar-refractivity contribution >= 4 is 5.82 Å². The summed E-state index contributed by atoms with van der Waals surface area (Å²) in [5, 5.41) is 0. The zero-order valence-corrected chi connectivity index (χ0v) is 7.36. The summed E-state index contributed by atoms with van der Waals surface area (Å²) in [7, 11) is 0. The van der Waals surface area contributed by atoms with Crippen molar-refractivity contribution in [2.24, 2.45) is 0 Å². The standard InChI is InChI=1S/C7H4F6N2O/c8-2-1-15-6(14)3(5(9)10)4(2)16-7(11,12)13/h1,5H,(H2,14,15). The lowest BCUT2D eigenvalue weighted by Crippen LogP contribution is -2.20. The minimum atomic E-state index is -5.29. The van der Waals surface area contributed by atoms with Gasteiger partial charge < -0.3 is 10.5 Å². The van der Waals surface area contributed by atoms with E-state index in [4.69, 9.17) is 5.73 Å². The molecule has 0 atom stereocenters. The van der Waals surface area contributed by atoms with Crippen molar-refractivity contribution in [2.75, 3.05) is 5.73 Å². The molecular formula is C7H4F6N2O. The van der Waals surface area contributed by atoms with Crippen LogP contribution >= 0.6 is 0 Å². The number of hydrogen-bond donors (Lipinski definition) is 1. The summed E-state index contributed by atoms with van der Waals surface area (Å²) in [6.07, 6.45) is -8.46. The monoisotopic (exact) mass is 246 g/mol. The highest BCUT2D eigenvalue weighted by Crippen LogP contribution is 2.37. The van der Waals surface area contributed by atoms with E-state index in [1.54, 1.807) is 0 Å². The van der Waals surface area contributed by atoms with Crippen molar-refractivity contribution < 1.29 is 31.1 Å². The molecule has 0 aliphatic carbocycles. The summed E-state index contributed by atoms with van der Waals surface area (Å²) in [5.41, 5.74) is 3.49. The normalized spacial score (nSPS) is 11.9. The van der Waals surface area contributed by atoms with Gasteiger partial charge in [0.2, 0.25) is 0 Å². The van der Waals surface area contributed by atoms with Crippen LogP contribution in [0.25, 0.3) is 0 Å². The first-order valence-corrected chi connectivity index (χ1v) is 3.70. The molecule has 2 N–H and O–H groups in total. The SMILES string of the molecule is Nc1ncc(F)c(OC(F)(F)F)c1C(F)F. The Bertz CT molecular complexity index is 391. The third-order valence-corrected chi connectivity index (χ3v) is 1.49. The summed E-state index contributed by atoms with van der Waals surface area (Å²) in [5.74, 6) is -4.24. The van der Waals surface area contributed by atoms with Crippen molar-refractivity contribution in [1.82, 2.24) is 4.98 Å². The van der Waals surface area contributed by atoms with Crippen LogP contribution in [-0.4, -0.2) is 11.3 Å². The Morgan fingerprint density at radius 3 is 2.31 bits per heavy atom. The number of pyridine rings is 1. The summed E-state index contributed by atoms with van der Waals surface area (Å²) in [6, 6.07) is 0. The second-order valence-electron chi connectivity index (χ2n) is 2.58. The maximum Gasteiger partial charge on any atom is 0.573 e. The fourth-order valence-corrected chi connectivity index (χ4v) is 0.930. The van der Waals surface area contributed by atoms with E-state index < -0.39 is 35.7 Å².